The summed E-state index contributed by atoms with van der Waals surface area (Å²) in [6.07, 6.45) is 0. The summed E-state index contributed by atoms with van der Waals surface area (Å²) < 4.78 is 25.7. The largest absolute Gasteiger partial charge is 0.490 e. The van der Waals surface area contributed by atoms with Gasteiger partial charge in [0.25, 0.3) is 0 Å². The van der Waals surface area contributed by atoms with Crippen LogP contribution < -0.4 is 9.47 Å². The van der Waals surface area contributed by atoms with E-state index >= 15 is 0 Å². The van der Waals surface area contributed by atoms with Gasteiger partial charge in [-0.15, -0.1) is 0 Å². The third kappa shape index (κ3) is 6.06. The lowest BCUT2D eigenvalue weighted by atomic mass is 10.1. The smallest absolute Gasteiger partial charge is 0.180 e. The fourth-order valence-corrected chi connectivity index (χ4v) is 4.56. The van der Waals surface area contributed by atoms with Gasteiger partial charge in [0.2, 0.25) is 0 Å². The summed E-state index contributed by atoms with van der Waals surface area (Å²) in [5, 5.41) is 0.391. The van der Waals surface area contributed by atoms with Crippen LogP contribution in [0.1, 0.15) is 23.6 Å². The van der Waals surface area contributed by atoms with Crippen LogP contribution in [0, 0.1) is 5.82 Å². The lowest BCUT2D eigenvalue weighted by molar-refractivity contribution is 0.177. The van der Waals surface area contributed by atoms with Gasteiger partial charge in [-0.2, -0.15) is 0 Å². The number of nitrogens with zero attached hydrogens (tertiary/aromatic N) is 2. The molecule has 0 N–H and O–H groups in total. The van der Waals surface area contributed by atoms with Crippen LogP contribution in [-0.2, 0) is 13.2 Å². The Bertz CT molecular complexity index is 1120. The molecule has 1 aliphatic rings. The van der Waals surface area contributed by atoms with Gasteiger partial charge >= 0.3 is 0 Å². The molecule has 1 heterocycles. The van der Waals surface area contributed by atoms with E-state index in [9.17, 15) is 4.39 Å². The van der Waals surface area contributed by atoms with Gasteiger partial charge in [0, 0.05) is 43.9 Å². The molecular weight excluding hydrogens is 471 g/mol. The highest BCUT2D eigenvalue weighted by molar-refractivity contribution is 7.80. The number of hydrogen-bond donors (Lipinski definition) is 0. The molecule has 0 unspecified atom stereocenters. The molecule has 0 aliphatic carbocycles. The molecule has 34 heavy (non-hydrogen) atoms. The molecule has 4 nitrogen and oxygen atoms in total. The first-order valence-corrected chi connectivity index (χ1v) is 12.2. The zero-order valence-electron chi connectivity index (χ0n) is 19.2. The monoisotopic (exact) mass is 498 g/mol. The highest BCUT2D eigenvalue weighted by atomic mass is 35.5. The molecule has 1 saturated heterocycles. The molecule has 0 bridgehead atoms. The molecular formula is C27H28ClFN2O2S. The van der Waals surface area contributed by atoms with E-state index in [4.69, 9.17) is 33.3 Å². The Morgan fingerprint density at radius 1 is 0.971 bits per heavy atom. The van der Waals surface area contributed by atoms with E-state index in [0.717, 1.165) is 43.3 Å². The van der Waals surface area contributed by atoms with Crippen LogP contribution in [0.2, 0.25) is 5.02 Å². The molecule has 0 spiro atoms. The van der Waals surface area contributed by atoms with Crippen molar-refractivity contribution in [2.45, 2.75) is 20.1 Å². The van der Waals surface area contributed by atoms with Crippen LogP contribution >= 0.6 is 23.8 Å². The molecule has 178 valence electrons. The number of benzene rings is 3. The van der Waals surface area contributed by atoms with Gasteiger partial charge in [0.1, 0.15) is 17.4 Å². The molecule has 7 heteroatoms. The van der Waals surface area contributed by atoms with Crippen molar-refractivity contribution in [1.82, 2.24) is 9.80 Å². The van der Waals surface area contributed by atoms with Gasteiger partial charge in [0.05, 0.1) is 11.6 Å². The van der Waals surface area contributed by atoms with E-state index in [2.05, 4.69) is 34.1 Å². The first-order valence-electron chi connectivity index (χ1n) is 11.4. The van der Waals surface area contributed by atoms with Crippen LogP contribution in [0.5, 0.6) is 11.5 Å². The van der Waals surface area contributed by atoms with Crippen LogP contribution in [0.25, 0.3) is 0 Å². The standard InChI is InChI=1S/C27H28ClFN2O2S/c1-2-32-25-17-22(16-23(28)26(25)33-19-21-10-6-7-11-24(21)29)27(34)31-14-12-30(13-15-31)18-20-8-4-3-5-9-20/h3-11,16-17H,2,12-15,18-19H2,1H3. The molecule has 1 fully saturated rings. The third-order valence-electron chi connectivity index (χ3n) is 5.79. The maximum absolute atomic E-state index is 14.0. The van der Waals surface area contributed by atoms with Crippen LogP contribution in [0.15, 0.2) is 66.7 Å². The van der Waals surface area contributed by atoms with E-state index in [1.54, 1.807) is 24.3 Å². The molecule has 0 radical (unpaired) electrons. The fourth-order valence-electron chi connectivity index (χ4n) is 3.99. The van der Waals surface area contributed by atoms with E-state index in [0.29, 0.717) is 28.7 Å². The number of ether oxygens (including phenoxy) is 2. The highest BCUT2D eigenvalue weighted by Crippen LogP contribution is 2.38. The van der Waals surface area contributed by atoms with Gasteiger partial charge in [-0.25, -0.2) is 4.39 Å². The van der Waals surface area contributed by atoms with Crippen LogP contribution in [0.4, 0.5) is 4.39 Å². The lowest BCUT2D eigenvalue weighted by Gasteiger charge is -2.36. The quantitative estimate of drug-likeness (QED) is 0.357. The topological polar surface area (TPSA) is 24.9 Å². The highest BCUT2D eigenvalue weighted by Gasteiger charge is 2.22. The summed E-state index contributed by atoms with van der Waals surface area (Å²) in [4.78, 5) is 5.38. The molecule has 0 atom stereocenters. The van der Waals surface area contributed by atoms with Crippen molar-refractivity contribution in [3.63, 3.8) is 0 Å². The first kappa shape index (κ1) is 24.5. The van der Waals surface area contributed by atoms with Gasteiger partial charge in [0.15, 0.2) is 11.5 Å². The number of piperazine rings is 1. The zero-order chi connectivity index (χ0) is 23.9. The van der Waals surface area contributed by atoms with E-state index in [-0.39, 0.29) is 12.4 Å². The SMILES string of the molecule is CCOc1cc(C(=S)N2CCN(Cc3ccccc3)CC2)cc(Cl)c1OCc1ccccc1F. The average Bonchev–Trinajstić information content (AvgIpc) is 2.85. The van der Waals surface area contributed by atoms with Crippen molar-refractivity contribution in [3.8, 4) is 11.5 Å². The lowest BCUT2D eigenvalue weighted by Crippen LogP contribution is -2.48. The third-order valence-corrected chi connectivity index (χ3v) is 6.57. The average molecular weight is 499 g/mol. The Hall–Kier alpha value is -2.67. The minimum absolute atomic E-state index is 0.0552. The Labute approximate surface area is 210 Å². The summed E-state index contributed by atoms with van der Waals surface area (Å²) >= 11 is 12.4. The van der Waals surface area contributed by atoms with Crippen LogP contribution in [0.3, 0.4) is 0 Å². The zero-order valence-corrected chi connectivity index (χ0v) is 20.7. The second-order valence-electron chi connectivity index (χ2n) is 8.15. The Kier molecular flexibility index (Phi) is 8.38. The van der Waals surface area contributed by atoms with Crippen molar-refractivity contribution >= 4 is 28.8 Å². The van der Waals surface area contributed by atoms with E-state index in [1.807, 2.05) is 19.1 Å². The summed E-state index contributed by atoms with van der Waals surface area (Å²) in [6.45, 7) is 6.90. The fraction of sp³-hybridized carbons (Fsp3) is 0.296. The number of hydrogen-bond acceptors (Lipinski definition) is 4. The first-order chi connectivity index (χ1) is 16.5. The van der Waals surface area contributed by atoms with Crippen LogP contribution in [-0.4, -0.2) is 47.6 Å². The maximum Gasteiger partial charge on any atom is 0.180 e. The molecule has 0 amide bonds. The predicted octanol–water partition coefficient (Wildman–Crippen LogP) is 5.95. The van der Waals surface area contributed by atoms with E-state index in [1.165, 1.54) is 11.6 Å². The summed E-state index contributed by atoms with van der Waals surface area (Å²) in [7, 11) is 0. The Balaban J connectivity index is 1.43. The van der Waals surface area contributed by atoms with E-state index < -0.39 is 0 Å². The van der Waals surface area contributed by atoms with Gasteiger partial charge in [-0.1, -0.05) is 72.3 Å². The second kappa shape index (κ2) is 11.6. The number of thiocarbonyl (C=S) groups is 1. The minimum Gasteiger partial charge on any atom is -0.490 e. The van der Waals surface area contributed by atoms with Crippen molar-refractivity contribution in [2.24, 2.45) is 0 Å². The summed E-state index contributed by atoms with van der Waals surface area (Å²) in [5.74, 6) is 0.582. The maximum atomic E-state index is 14.0. The predicted molar refractivity (Wildman–Crippen MR) is 138 cm³/mol. The Morgan fingerprint density at radius 3 is 2.38 bits per heavy atom. The molecule has 3 aromatic carbocycles. The number of rotatable bonds is 8. The van der Waals surface area contributed by atoms with Gasteiger partial charge in [-0.05, 0) is 30.7 Å². The Morgan fingerprint density at radius 2 is 1.68 bits per heavy atom. The molecule has 0 saturated carbocycles. The molecule has 0 aromatic heterocycles. The summed E-state index contributed by atoms with van der Waals surface area (Å²) in [5.41, 5.74) is 2.59. The van der Waals surface area contributed by atoms with Crippen molar-refractivity contribution in [2.75, 3.05) is 32.8 Å². The van der Waals surface area contributed by atoms with Gasteiger partial charge in [-0.3, -0.25) is 4.90 Å². The van der Waals surface area contributed by atoms with Gasteiger partial charge < -0.3 is 14.4 Å². The summed E-state index contributed by atoms with van der Waals surface area (Å²) in [6, 6.07) is 20.7. The van der Waals surface area contributed by atoms with Crippen molar-refractivity contribution < 1.29 is 13.9 Å². The normalized spacial score (nSPS) is 14.1. The molecule has 3 aromatic rings. The second-order valence-corrected chi connectivity index (χ2v) is 8.95. The minimum atomic E-state index is -0.319. The molecule has 1 aliphatic heterocycles. The number of halogens is 2. The van der Waals surface area contributed by atoms with Crippen molar-refractivity contribution in [1.29, 1.82) is 0 Å². The molecule has 4 rings (SSSR count). The van der Waals surface area contributed by atoms with Crippen molar-refractivity contribution in [3.05, 3.63) is 94.3 Å².